The van der Waals surface area contributed by atoms with Gasteiger partial charge < -0.3 is 9.64 Å². The van der Waals surface area contributed by atoms with Gasteiger partial charge in [0, 0.05) is 30.9 Å². The van der Waals surface area contributed by atoms with Crippen LogP contribution >= 0.6 is 0 Å². The molecular weight excluding hydrogens is 309 g/mol. The summed E-state index contributed by atoms with van der Waals surface area (Å²) >= 11 is 0. The minimum Gasteiger partial charge on any atom is -0.493 e. The summed E-state index contributed by atoms with van der Waals surface area (Å²) in [4.78, 5) is 14.3. The van der Waals surface area contributed by atoms with Crippen LogP contribution in [0.15, 0.2) is 36.5 Å². The summed E-state index contributed by atoms with van der Waals surface area (Å²) in [6.45, 7) is 4.24. The highest BCUT2D eigenvalue weighted by Gasteiger charge is 2.24. The SMILES string of the molecule is Cc1ccnn1CC(=O)N1CCC[C@@H](COc2ccc(F)cc2)C1. The van der Waals surface area contributed by atoms with Gasteiger partial charge >= 0.3 is 0 Å². The van der Waals surface area contributed by atoms with E-state index in [1.54, 1.807) is 23.0 Å². The highest BCUT2D eigenvalue weighted by Crippen LogP contribution is 2.19. The van der Waals surface area contributed by atoms with Crippen LogP contribution in [0.25, 0.3) is 0 Å². The van der Waals surface area contributed by atoms with E-state index in [9.17, 15) is 9.18 Å². The molecule has 2 aromatic rings. The van der Waals surface area contributed by atoms with Crippen LogP contribution in [0, 0.1) is 18.7 Å². The van der Waals surface area contributed by atoms with E-state index in [2.05, 4.69) is 5.10 Å². The molecule has 0 bridgehead atoms. The Kier molecular flexibility index (Phi) is 5.13. The molecule has 1 saturated heterocycles. The average Bonchev–Trinajstić information content (AvgIpc) is 2.99. The molecule has 1 aliphatic heterocycles. The molecule has 0 aliphatic carbocycles. The summed E-state index contributed by atoms with van der Waals surface area (Å²) < 4.78 is 20.4. The van der Waals surface area contributed by atoms with Crippen molar-refractivity contribution < 1.29 is 13.9 Å². The van der Waals surface area contributed by atoms with Gasteiger partial charge in [0.15, 0.2) is 0 Å². The lowest BCUT2D eigenvalue weighted by Crippen LogP contribution is -2.43. The van der Waals surface area contributed by atoms with E-state index >= 15 is 0 Å². The molecule has 1 aliphatic rings. The highest BCUT2D eigenvalue weighted by atomic mass is 19.1. The first kappa shape index (κ1) is 16.5. The number of ether oxygens (including phenoxy) is 1. The summed E-state index contributed by atoms with van der Waals surface area (Å²) in [5.41, 5.74) is 0.983. The lowest BCUT2D eigenvalue weighted by atomic mass is 9.99. The second-order valence-electron chi connectivity index (χ2n) is 6.24. The molecule has 24 heavy (non-hydrogen) atoms. The fraction of sp³-hybridized carbons (Fsp3) is 0.444. The molecule has 1 aromatic heterocycles. The number of amides is 1. The Labute approximate surface area is 141 Å². The first-order valence-electron chi connectivity index (χ1n) is 8.26. The van der Waals surface area contributed by atoms with Crippen molar-refractivity contribution in [3.8, 4) is 5.75 Å². The van der Waals surface area contributed by atoms with Crippen LogP contribution in [0.2, 0.25) is 0 Å². The monoisotopic (exact) mass is 331 g/mol. The Morgan fingerprint density at radius 3 is 2.83 bits per heavy atom. The van der Waals surface area contributed by atoms with Gasteiger partial charge in [-0.15, -0.1) is 0 Å². The lowest BCUT2D eigenvalue weighted by Gasteiger charge is -2.32. The fourth-order valence-electron chi connectivity index (χ4n) is 2.96. The minimum absolute atomic E-state index is 0.0910. The van der Waals surface area contributed by atoms with Crippen LogP contribution < -0.4 is 4.74 Å². The van der Waals surface area contributed by atoms with Gasteiger partial charge in [0.25, 0.3) is 0 Å². The number of benzene rings is 1. The van der Waals surface area contributed by atoms with E-state index < -0.39 is 0 Å². The molecule has 1 amide bonds. The average molecular weight is 331 g/mol. The minimum atomic E-state index is -0.272. The third-order valence-electron chi connectivity index (χ3n) is 4.38. The van der Waals surface area contributed by atoms with E-state index in [4.69, 9.17) is 4.74 Å². The molecule has 0 spiro atoms. The first-order chi connectivity index (χ1) is 11.6. The smallest absolute Gasteiger partial charge is 0.244 e. The van der Waals surface area contributed by atoms with Crippen molar-refractivity contribution in [3.05, 3.63) is 48.0 Å². The van der Waals surface area contributed by atoms with Gasteiger partial charge in [-0.25, -0.2) is 4.39 Å². The second-order valence-corrected chi connectivity index (χ2v) is 6.24. The summed E-state index contributed by atoms with van der Waals surface area (Å²) in [6.07, 6.45) is 3.71. The van der Waals surface area contributed by atoms with Crippen LogP contribution in [0.4, 0.5) is 4.39 Å². The Morgan fingerprint density at radius 2 is 2.12 bits per heavy atom. The topological polar surface area (TPSA) is 47.4 Å². The molecule has 0 saturated carbocycles. The van der Waals surface area contributed by atoms with Gasteiger partial charge in [-0.1, -0.05) is 0 Å². The number of carbonyl (C=O) groups excluding carboxylic acids is 1. The summed E-state index contributed by atoms with van der Waals surface area (Å²) in [6, 6.07) is 7.92. The molecule has 0 N–H and O–H groups in total. The molecule has 3 rings (SSSR count). The van der Waals surface area contributed by atoms with Crippen molar-refractivity contribution in [2.24, 2.45) is 5.92 Å². The quantitative estimate of drug-likeness (QED) is 0.846. The van der Waals surface area contributed by atoms with E-state index in [1.807, 2.05) is 17.9 Å². The van der Waals surface area contributed by atoms with Gasteiger partial charge in [-0.05, 0) is 50.1 Å². The van der Waals surface area contributed by atoms with Gasteiger partial charge in [-0.3, -0.25) is 9.48 Å². The largest absolute Gasteiger partial charge is 0.493 e. The molecule has 1 aromatic carbocycles. The summed E-state index contributed by atoms with van der Waals surface area (Å²) in [7, 11) is 0. The maximum absolute atomic E-state index is 12.9. The molecule has 128 valence electrons. The zero-order valence-electron chi connectivity index (χ0n) is 13.8. The van der Waals surface area contributed by atoms with Crippen LogP contribution in [0.1, 0.15) is 18.5 Å². The van der Waals surface area contributed by atoms with Gasteiger partial charge in [-0.2, -0.15) is 5.10 Å². The Bertz CT molecular complexity index is 684. The van der Waals surface area contributed by atoms with E-state index in [1.165, 1.54) is 12.1 Å². The maximum atomic E-state index is 12.9. The van der Waals surface area contributed by atoms with E-state index in [0.29, 0.717) is 24.8 Å². The van der Waals surface area contributed by atoms with Crippen molar-refractivity contribution in [3.63, 3.8) is 0 Å². The summed E-state index contributed by atoms with van der Waals surface area (Å²) in [5.74, 6) is 0.775. The Hall–Kier alpha value is -2.37. The van der Waals surface area contributed by atoms with E-state index in [-0.39, 0.29) is 18.3 Å². The number of halogens is 1. The van der Waals surface area contributed by atoms with Crippen molar-refractivity contribution in [1.29, 1.82) is 0 Å². The fourth-order valence-corrected chi connectivity index (χ4v) is 2.96. The molecule has 2 heterocycles. The molecule has 0 radical (unpaired) electrons. The lowest BCUT2D eigenvalue weighted by molar-refractivity contribution is -0.134. The Balaban J connectivity index is 1.51. The van der Waals surface area contributed by atoms with Gasteiger partial charge in [0.05, 0.1) is 6.61 Å². The van der Waals surface area contributed by atoms with Crippen molar-refractivity contribution in [1.82, 2.24) is 14.7 Å². The van der Waals surface area contributed by atoms with Crippen molar-refractivity contribution >= 4 is 5.91 Å². The molecule has 1 fully saturated rings. The number of aromatic nitrogens is 2. The molecule has 0 unspecified atom stereocenters. The number of aryl methyl sites for hydroxylation is 1. The third-order valence-corrected chi connectivity index (χ3v) is 4.38. The molecular formula is C18H22FN3O2. The number of hydrogen-bond donors (Lipinski definition) is 0. The molecule has 1 atom stereocenters. The number of rotatable bonds is 5. The number of hydrogen-bond acceptors (Lipinski definition) is 3. The standard InChI is InChI=1S/C18H22FN3O2/c1-14-8-9-20-22(14)12-18(23)21-10-2-3-15(11-21)13-24-17-6-4-16(19)5-7-17/h4-9,15H,2-3,10-13H2,1H3/t15-/m1/s1. The van der Waals surface area contributed by atoms with Crippen LogP contribution in [-0.4, -0.2) is 40.3 Å². The van der Waals surface area contributed by atoms with Gasteiger partial charge in [0.2, 0.25) is 5.91 Å². The van der Waals surface area contributed by atoms with Crippen LogP contribution in [0.5, 0.6) is 5.75 Å². The predicted octanol–water partition coefficient (Wildman–Crippen LogP) is 2.65. The maximum Gasteiger partial charge on any atom is 0.244 e. The highest BCUT2D eigenvalue weighted by molar-refractivity contribution is 5.76. The van der Waals surface area contributed by atoms with Crippen molar-refractivity contribution in [2.75, 3.05) is 19.7 Å². The van der Waals surface area contributed by atoms with E-state index in [0.717, 1.165) is 25.1 Å². The number of nitrogens with zero attached hydrogens (tertiary/aromatic N) is 3. The number of piperidine rings is 1. The zero-order chi connectivity index (χ0) is 16.9. The third kappa shape index (κ3) is 4.13. The Morgan fingerprint density at radius 1 is 1.33 bits per heavy atom. The number of likely N-dealkylation sites (tertiary alicyclic amines) is 1. The summed E-state index contributed by atoms with van der Waals surface area (Å²) in [5, 5.41) is 4.17. The second kappa shape index (κ2) is 7.47. The number of carbonyl (C=O) groups is 1. The predicted molar refractivity (Wildman–Crippen MR) is 88.2 cm³/mol. The zero-order valence-corrected chi connectivity index (χ0v) is 13.8. The normalized spacial score (nSPS) is 17.8. The van der Waals surface area contributed by atoms with Gasteiger partial charge in [0.1, 0.15) is 18.1 Å². The first-order valence-corrected chi connectivity index (χ1v) is 8.26. The van der Waals surface area contributed by atoms with Crippen molar-refractivity contribution in [2.45, 2.75) is 26.3 Å². The molecule has 6 heteroatoms. The molecule has 5 nitrogen and oxygen atoms in total. The van der Waals surface area contributed by atoms with Crippen LogP contribution in [-0.2, 0) is 11.3 Å². The van der Waals surface area contributed by atoms with Crippen LogP contribution in [0.3, 0.4) is 0 Å².